The number of benzene rings is 2. The number of hydrogen-bond acceptors (Lipinski definition) is 1. The van der Waals surface area contributed by atoms with Crippen LogP contribution in [0.5, 0.6) is 0 Å². The number of allylic oxidation sites excluding steroid dienone is 1. The van der Waals surface area contributed by atoms with Gasteiger partial charge in [-0.3, -0.25) is 10.5 Å². The van der Waals surface area contributed by atoms with Gasteiger partial charge >= 0.3 is 0 Å². The molecule has 2 aromatic carbocycles. The molecule has 1 radical (unpaired) electrons. The molecule has 1 N–H and O–H groups in total. The number of aryl methyl sites for hydroxylation is 1. The lowest BCUT2D eigenvalue weighted by Crippen LogP contribution is -2.16. The van der Waals surface area contributed by atoms with Crippen LogP contribution in [-0.4, -0.2) is 5.91 Å². The zero-order chi connectivity index (χ0) is 14.6. The summed E-state index contributed by atoms with van der Waals surface area (Å²) in [7, 11) is 0. The minimum atomic E-state index is -0.577. The summed E-state index contributed by atoms with van der Waals surface area (Å²) >= 11 is 0. The van der Waals surface area contributed by atoms with Gasteiger partial charge in [0.05, 0.1) is 0 Å². The van der Waals surface area contributed by atoms with Gasteiger partial charge in [0, 0.05) is 5.56 Å². The molecule has 0 unspecified atom stereocenters. The summed E-state index contributed by atoms with van der Waals surface area (Å²) in [4.78, 5) is 11.6. The molecule has 2 heteroatoms. The normalized spacial score (nSPS) is 14.5. The maximum Gasteiger partial charge on any atom is 0.269 e. The van der Waals surface area contributed by atoms with Crippen molar-refractivity contribution >= 4 is 12.0 Å². The Morgan fingerprint density at radius 2 is 2.05 bits per heavy atom. The van der Waals surface area contributed by atoms with Crippen LogP contribution in [0.1, 0.15) is 38.2 Å². The van der Waals surface area contributed by atoms with E-state index in [1.54, 1.807) is 0 Å². The molecule has 0 saturated carbocycles. The lowest BCUT2D eigenvalue weighted by Gasteiger charge is -2.27. The zero-order valence-electron chi connectivity index (χ0n) is 12.0. The molecule has 0 bridgehead atoms. The third-order valence-corrected chi connectivity index (χ3v) is 4.76. The van der Waals surface area contributed by atoms with Crippen LogP contribution >= 0.6 is 0 Å². The van der Waals surface area contributed by atoms with Crippen molar-refractivity contribution in [3.63, 3.8) is 0 Å². The molecule has 0 atom stereocenters. The van der Waals surface area contributed by atoms with Gasteiger partial charge in [-0.25, -0.2) is 0 Å². The van der Waals surface area contributed by atoms with E-state index in [1.165, 1.54) is 33.4 Å². The molecule has 21 heavy (non-hydrogen) atoms. The molecular formula is C19H16NO. The number of amides is 1. The summed E-state index contributed by atoms with van der Waals surface area (Å²) in [5.41, 5.74) is 16.7. The molecule has 2 aliphatic rings. The van der Waals surface area contributed by atoms with Gasteiger partial charge in [0.15, 0.2) is 0 Å². The molecule has 0 aromatic heterocycles. The standard InChI is InChI=1S/C19H16NO/c1-11-17(19(20)21)10-13-8-9-15(13)18(11)16-7-3-5-12-4-2-6-14(12)16/h2-3,5-7,10,20H,4,8-9H2,1H3. The molecule has 2 nitrogen and oxygen atoms in total. The highest BCUT2D eigenvalue weighted by molar-refractivity contribution is 5.98. The summed E-state index contributed by atoms with van der Waals surface area (Å²) in [6, 6.07) is 8.33. The van der Waals surface area contributed by atoms with E-state index in [9.17, 15) is 4.79 Å². The topological polar surface area (TPSA) is 40.9 Å². The first-order valence-corrected chi connectivity index (χ1v) is 7.37. The Hall–Kier alpha value is -2.35. The average molecular weight is 274 g/mol. The third kappa shape index (κ3) is 1.69. The van der Waals surface area contributed by atoms with Crippen molar-refractivity contribution in [2.24, 2.45) is 0 Å². The van der Waals surface area contributed by atoms with Crippen LogP contribution in [0.2, 0.25) is 0 Å². The minimum absolute atomic E-state index is 0.558. The lowest BCUT2D eigenvalue weighted by atomic mass is 9.77. The molecule has 0 aliphatic heterocycles. The van der Waals surface area contributed by atoms with E-state index in [4.69, 9.17) is 5.73 Å². The summed E-state index contributed by atoms with van der Waals surface area (Å²) in [5.74, 6) is -0.577. The van der Waals surface area contributed by atoms with Crippen molar-refractivity contribution in [2.75, 3.05) is 0 Å². The fourth-order valence-electron chi connectivity index (χ4n) is 3.59. The predicted octanol–water partition coefficient (Wildman–Crippen LogP) is 3.75. The zero-order valence-corrected chi connectivity index (χ0v) is 12.0. The second-order valence-electron chi connectivity index (χ2n) is 5.88. The number of hydrogen-bond donors (Lipinski definition) is 0. The predicted molar refractivity (Wildman–Crippen MR) is 84.2 cm³/mol. The maximum absolute atomic E-state index is 11.6. The summed E-state index contributed by atoms with van der Waals surface area (Å²) in [6.45, 7) is 1.98. The van der Waals surface area contributed by atoms with Gasteiger partial charge in [-0.2, -0.15) is 0 Å². The number of carbonyl (C=O) groups is 1. The molecule has 1 amide bonds. The van der Waals surface area contributed by atoms with Crippen LogP contribution in [0.15, 0.2) is 30.3 Å². The third-order valence-electron chi connectivity index (χ3n) is 4.76. The highest BCUT2D eigenvalue weighted by Gasteiger charge is 2.25. The molecule has 0 saturated heterocycles. The minimum Gasteiger partial charge on any atom is -0.267 e. The van der Waals surface area contributed by atoms with E-state index >= 15 is 0 Å². The highest BCUT2D eigenvalue weighted by atomic mass is 16.1. The SMILES string of the molecule is Cc1c(C([NH])=O)cc2c(c1-c1cccc3c1C=CC3)CC2. The van der Waals surface area contributed by atoms with Gasteiger partial charge in [0.2, 0.25) is 0 Å². The van der Waals surface area contributed by atoms with E-state index in [1.807, 2.05) is 13.0 Å². The fraction of sp³-hybridized carbons (Fsp3) is 0.211. The van der Waals surface area contributed by atoms with Crippen molar-refractivity contribution in [1.29, 1.82) is 0 Å². The van der Waals surface area contributed by atoms with Gasteiger partial charge in [-0.15, -0.1) is 0 Å². The quantitative estimate of drug-likeness (QED) is 0.822. The fourth-order valence-corrected chi connectivity index (χ4v) is 3.59. The Labute approximate surface area is 124 Å². The Bertz CT molecular complexity index is 815. The van der Waals surface area contributed by atoms with Crippen LogP contribution in [-0.2, 0) is 19.3 Å². The van der Waals surface area contributed by atoms with Gasteiger partial charge in [0.1, 0.15) is 0 Å². The van der Waals surface area contributed by atoms with Gasteiger partial charge in [-0.1, -0.05) is 30.4 Å². The summed E-state index contributed by atoms with van der Waals surface area (Å²) in [5, 5.41) is 0. The van der Waals surface area contributed by atoms with Crippen LogP contribution in [0.3, 0.4) is 0 Å². The van der Waals surface area contributed by atoms with Crippen molar-refractivity contribution in [2.45, 2.75) is 26.2 Å². The molecule has 2 aromatic rings. The lowest BCUT2D eigenvalue weighted by molar-refractivity contribution is 0.0991. The first-order valence-electron chi connectivity index (χ1n) is 7.37. The largest absolute Gasteiger partial charge is 0.269 e. The highest BCUT2D eigenvalue weighted by Crippen LogP contribution is 2.41. The number of nitrogens with one attached hydrogen (secondary N) is 1. The van der Waals surface area contributed by atoms with Gasteiger partial charge in [0.25, 0.3) is 5.91 Å². The Balaban J connectivity index is 2.04. The Kier molecular flexibility index (Phi) is 2.55. The van der Waals surface area contributed by atoms with E-state index in [0.717, 1.165) is 24.8 Å². The first-order chi connectivity index (χ1) is 10.2. The van der Waals surface area contributed by atoms with Gasteiger partial charge in [-0.05, 0) is 71.2 Å². The average Bonchev–Trinajstić information content (AvgIpc) is 2.90. The Morgan fingerprint density at radius 1 is 1.19 bits per heavy atom. The molecule has 0 spiro atoms. The second kappa shape index (κ2) is 4.32. The molecule has 103 valence electrons. The van der Waals surface area contributed by atoms with Crippen LogP contribution < -0.4 is 5.73 Å². The van der Waals surface area contributed by atoms with Gasteiger partial charge < -0.3 is 0 Å². The van der Waals surface area contributed by atoms with E-state index in [0.29, 0.717) is 5.56 Å². The number of rotatable bonds is 2. The van der Waals surface area contributed by atoms with Crippen molar-refractivity contribution in [3.05, 3.63) is 63.7 Å². The number of fused-ring (bicyclic) bond motifs is 2. The van der Waals surface area contributed by atoms with E-state index in [-0.39, 0.29) is 0 Å². The van der Waals surface area contributed by atoms with E-state index < -0.39 is 5.91 Å². The molecule has 0 heterocycles. The first kappa shape index (κ1) is 12.4. The summed E-state index contributed by atoms with van der Waals surface area (Å²) < 4.78 is 0. The Morgan fingerprint density at radius 3 is 2.76 bits per heavy atom. The molecule has 4 rings (SSSR count). The molecule has 2 aliphatic carbocycles. The van der Waals surface area contributed by atoms with Crippen LogP contribution in [0.25, 0.3) is 17.2 Å². The second-order valence-corrected chi connectivity index (χ2v) is 5.88. The summed E-state index contributed by atoms with van der Waals surface area (Å²) in [6.07, 6.45) is 7.46. The smallest absolute Gasteiger partial charge is 0.267 e. The van der Waals surface area contributed by atoms with Crippen LogP contribution in [0, 0.1) is 6.92 Å². The maximum atomic E-state index is 11.6. The number of carbonyl (C=O) groups excluding carboxylic acids is 1. The van der Waals surface area contributed by atoms with Crippen LogP contribution in [0.4, 0.5) is 0 Å². The van der Waals surface area contributed by atoms with Crippen molar-refractivity contribution in [1.82, 2.24) is 5.73 Å². The van der Waals surface area contributed by atoms with E-state index in [2.05, 4.69) is 30.4 Å². The molecular weight excluding hydrogens is 258 g/mol. The van der Waals surface area contributed by atoms with Crippen molar-refractivity contribution < 1.29 is 4.79 Å². The molecule has 0 fully saturated rings. The monoisotopic (exact) mass is 274 g/mol. The van der Waals surface area contributed by atoms with Crippen molar-refractivity contribution in [3.8, 4) is 11.1 Å².